The first kappa shape index (κ1) is 15.6. The highest BCUT2D eigenvalue weighted by atomic mass is 16.5. The normalized spacial score (nSPS) is 12.9. The van der Waals surface area contributed by atoms with Crippen LogP contribution in [0.25, 0.3) is 0 Å². The van der Waals surface area contributed by atoms with Crippen molar-refractivity contribution in [1.82, 2.24) is 5.32 Å². The summed E-state index contributed by atoms with van der Waals surface area (Å²) in [6, 6.07) is 6.30. The lowest BCUT2D eigenvalue weighted by molar-refractivity contribution is -0.124. The van der Waals surface area contributed by atoms with E-state index in [0.717, 1.165) is 12.8 Å². The number of ether oxygens (including phenoxy) is 1. The summed E-state index contributed by atoms with van der Waals surface area (Å²) in [6.45, 7) is -0.299. The molecule has 0 atom stereocenters. The van der Waals surface area contributed by atoms with E-state index in [4.69, 9.17) is 11.2 Å². The molecule has 0 radical (unpaired) electrons. The van der Waals surface area contributed by atoms with Gasteiger partial charge in [0.1, 0.15) is 0 Å². The summed E-state index contributed by atoms with van der Waals surface area (Å²) in [5.74, 6) is 1.29. The van der Waals surface area contributed by atoms with Crippen LogP contribution >= 0.6 is 0 Å². The fourth-order valence-electron chi connectivity index (χ4n) is 1.69. The van der Waals surface area contributed by atoms with E-state index >= 15 is 0 Å². The smallest absolute Gasteiger partial charge is 0.338 e. The van der Waals surface area contributed by atoms with Crippen LogP contribution in [0.3, 0.4) is 0 Å². The van der Waals surface area contributed by atoms with Crippen molar-refractivity contribution in [3.05, 3.63) is 29.8 Å². The van der Waals surface area contributed by atoms with Gasteiger partial charge in [-0.2, -0.15) is 0 Å². The van der Waals surface area contributed by atoms with Gasteiger partial charge in [-0.05, 0) is 37.1 Å². The lowest BCUT2D eigenvalue weighted by Crippen LogP contribution is -2.28. The van der Waals surface area contributed by atoms with Gasteiger partial charge in [-0.1, -0.05) is 5.92 Å². The average molecular weight is 300 g/mol. The predicted octanol–water partition coefficient (Wildman–Crippen LogP) is 0.941. The molecule has 0 saturated heterocycles. The van der Waals surface area contributed by atoms with Gasteiger partial charge in [0, 0.05) is 11.6 Å². The first-order valence-electron chi connectivity index (χ1n) is 6.88. The molecule has 0 aromatic heterocycles. The Labute approximate surface area is 128 Å². The molecule has 0 aliphatic heterocycles. The number of anilines is 1. The zero-order valence-corrected chi connectivity index (χ0v) is 11.9. The van der Waals surface area contributed by atoms with Crippen molar-refractivity contribution in [2.75, 3.05) is 18.5 Å². The Hall–Kier alpha value is -2.81. The molecule has 0 unspecified atom stereocenters. The molecule has 2 rings (SSSR count). The molecule has 1 aromatic rings. The third-order valence-electron chi connectivity index (χ3n) is 3.06. The maximum Gasteiger partial charge on any atom is 0.338 e. The second-order valence-electron chi connectivity index (χ2n) is 4.90. The topological polar surface area (TPSA) is 84.5 Å². The molecule has 1 saturated carbocycles. The number of carbonyl (C=O) groups is 3. The first-order valence-corrected chi connectivity index (χ1v) is 6.88. The number of hydrogen-bond acceptors (Lipinski definition) is 4. The highest BCUT2D eigenvalue weighted by Gasteiger charge is 2.29. The Morgan fingerprint density at radius 1 is 1.23 bits per heavy atom. The molecule has 6 heteroatoms. The van der Waals surface area contributed by atoms with Crippen molar-refractivity contribution in [3.8, 4) is 12.3 Å². The van der Waals surface area contributed by atoms with Gasteiger partial charge in [-0.3, -0.25) is 9.59 Å². The summed E-state index contributed by atoms with van der Waals surface area (Å²) in [5, 5.41) is 5.16. The van der Waals surface area contributed by atoms with Crippen LogP contribution in [0, 0.1) is 18.3 Å². The first-order chi connectivity index (χ1) is 10.6. The number of rotatable bonds is 6. The van der Waals surface area contributed by atoms with E-state index in [1.165, 1.54) is 12.1 Å². The summed E-state index contributed by atoms with van der Waals surface area (Å²) in [6.07, 6.45) is 6.85. The van der Waals surface area contributed by atoms with Gasteiger partial charge in [-0.15, -0.1) is 6.42 Å². The lowest BCUT2D eigenvalue weighted by atomic mass is 10.2. The molecule has 1 aliphatic carbocycles. The van der Waals surface area contributed by atoms with Crippen LogP contribution in [0.4, 0.5) is 5.69 Å². The highest BCUT2D eigenvalue weighted by Crippen LogP contribution is 2.30. The molecule has 0 heterocycles. The number of nitrogens with one attached hydrogen (secondary N) is 2. The van der Waals surface area contributed by atoms with Crippen molar-refractivity contribution in [2.24, 2.45) is 5.92 Å². The highest BCUT2D eigenvalue weighted by molar-refractivity contribution is 5.95. The summed E-state index contributed by atoms with van der Waals surface area (Å²) in [4.78, 5) is 34.6. The largest absolute Gasteiger partial charge is 0.452 e. The lowest BCUT2D eigenvalue weighted by Gasteiger charge is -2.07. The van der Waals surface area contributed by atoms with Crippen LogP contribution in [0.1, 0.15) is 23.2 Å². The summed E-state index contributed by atoms with van der Waals surface area (Å²) in [7, 11) is 0. The summed E-state index contributed by atoms with van der Waals surface area (Å²) >= 11 is 0. The molecule has 0 bridgehead atoms. The Bertz CT molecular complexity index is 612. The van der Waals surface area contributed by atoms with Crippen molar-refractivity contribution >= 4 is 23.5 Å². The van der Waals surface area contributed by atoms with Crippen molar-refractivity contribution in [3.63, 3.8) is 0 Å². The van der Waals surface area contributed by atoms with E-state index in [9.17, 15) is 14.4 Å². The molecule has 2 N–H and O–H groups in total. The number of esters is 1. The molecule has 6 nitrogen and oxygen atoms in total. The molecule has 1 fully saturated rings. The average Bonchev–Trinajstić information content (AvgIpc) is 3.36. The monoisotopic (exact) mass is 300 g/mol. The Kier molecular flexibility index (Phi) is 5.15. The zero-order valence-electron chi connectivity index (χ0n) is 11.9. The SMILES string of the molecule is C#CCNC(=O)COC(=O)c1ccc(NC(=O)C2CC2)cc1. The van der Waals surface area contributed by atoms with E-state index in [1.54, 1.807) is 12.1 Å². The maximum atomic E-state index is 11.7. The van der Waals surface area contributed by atoms with Gasteiger partial charge in [0.05, 0.1) is 12.1 Å². The van der Waals surface area contributed by atoms with Crippen LogP contribution in [0.5, 0.6) is 0 Å². The van der Waals surface area contributed by atoms with E-state index in [1.807, 2.05) is 0 Å². The van der Waals surface area contributed by atoms with E-state index in [0.29, 0.717) is 11.3 Å². The van der Waals surface area contributed by atoms with Crippen LogP contribution < -0.4 is 10.6 Å². The van der Waals surface area contributed by atoms with E-state index in [-0.39, 0.29) is 25.0 Å². The quantitative estimate of drug-likeness (QED) is 0.605. The molecule has 2 amide bonds. The molecule has 1 aromatic carbocycles. The Morgan fingerprint density at radius 3 is 2.50 bits per heavy atom. The molecular formula is C16H16N2O4. The Balaban J connectivity index is 1.81. The van der Waals surface area contributed by atoms with Crippen LogP contribution in [-0.2, 0) is 14.3 Å². The fraction of sp³-hybridized carbons (Fsp3) is 0.312. The minimum absolute atomic E-state index is 0.000473. The molecular weight excluding hydrogens is 284 g/mol. The molecule has 22 heavy (non-hydrogen) atoms. The predicted molar refractivity (Wildman–Crippen MR) is 79.9 cm³/mol. The van der Waals surface area contributed by atoms with Crippen LogP contribution in [0.2, 0.25) is 0 Å². The molecule has 114 valence electrons. The molecule has 1 aliphatic rings. The van der Waals surface area contributed by atoms with Gasteiger partial charge < -0.3 is 15.4 Å². The van der Waals surface area contributed by atoms with Crippen molar-refractivity contribution in [2.45, 2.75) is 12.8 Å². The number of amides is 2. The zero-order chi connectivity index (χ0) is 15.9. The fourth-order valence-corrected chi connectivity index (χ4v) is 1.69. The van der Waals surface area contributed by atoms with E-state index < -0.39 is 11.9 Å². The number of terminal acetylenes is 1. The maximum absolute atomic E-state index is 11.7. The minimum atomic E-state index is -0.615. The number of carbonyl (C=O) groups excluding carboxylic acids is 3. The number of hydrogen-bond donors (Lipinski definition) is 2. The van der Waals surface area contributed by atoms with E-state index in [2.05, 4.69) is 16.6 Å². The minimum Gasteiger partial charge on any atom is -0.452 e. The molecule has 0 spiro atoms. The van der Waals surface area contributed by atoms with Gasteiger partial charge >= 0.3 is 5.97 Å². The number of benzene rings is 1. The summed E-state index contributed by atoms with van der Waals surface area (Å²) < 4.78 is 4.85. The van der Waals surface area contributed by atoms with Gasteiger partial charge in [0.25, 0.3) is 5.91 Å². The standard InChI is InChI=1S/C16H16N2O4/c1-2-9-17-14(19)10-22-16(21)12-5-7-13(8-6-12)18-15(20)11-3-4-11/h1,5-8,11H,3-4,9-10H2,(H,17,19)(H,18,20). The third-order valence-corrected chi connectivity index (χ3v) is 3.06. The second-order valence-corrected chi connectivity index (χ2v) is 4.90. The van der Waals surface area contributed by atoms with Crippen molar-refractivity contribution < 1.29 is 19.1 Å². The third kappa shape index (κ3) is 4.63. The summed E-state index contributed by atoms with van der Waals surface area (Å²) in [5.41, 5.74) is 0.925. The van der Waals surface area contributed by atoms with Gasteiger partial charge in [-0.25, -0.2) is 4.79 Å². The van der Waals surface area contributed by atoms with Crippen LogP contribution in [-0.4, -0.2) is 30.9 Å². The Morgan fingerprint density at radius 2 is 1.91 bits per heavy atom. The van der Waals surface area contributed by atoms with Gasteiger partial charge in [0.2, 0.25) is 5.91 Å². The second kappa shape index (κ2) is 7.27. The van der Waals surface area contributed by atoms with Crippen molar-refractivity contribution in [1.29, 1.82) is 0 Å². The van der Waals surface area contributed by atoms with Crippen LogP contribution in [0.15, 0.2) is 24.3 Å². The van der Waals surface area contributed by atoms with Gasteiger partial charge in [0.15, 0.2) is 6.61 Å².